The maximum absolute atomic E-state index is 4.72. The van der Waals surface area contributed by atoms with Gasteiger partial charge >= 0.3 is 0 Å². The molecule has 2 aromatic carbocycles. The number of hydrogen-bond donors (Lipinski definition) is 0. The van der Waals surface area contributed by atoms with Crippen molar-refractivity contribution in [3.05, 3.63) is 73.3 Å². The summed E-state index contributed by atoms with van der Waals surface area (Å²) in [4.78, 5) is 0.597. The smallest absolute Gasteiger partial charge is 0.0652 e. The maximum Gasteiger partial charge on any atom is 0.0652 e. The standard InChI is InChI=1S/C22H27BrN2/c1-2-3-6-13-20(23)14-11-12-19-24-25(21-15-7-4-8-16-21)22-17-9-5-10-18-22/h2,4-5,7-10,15-20H,1,3,6,11-14H2/b24-19+. The van der Waals surface area contributed by atoms with Crippen molar-refractivity contribution in [3.63, 3.8) is 0 Å². The first kappa shape index (κ1) is 19.5. The minimum absolute atomic E-state index is 0.597. The lowest BCUT2D eigenvalue weighted by Gasteiger charge is -2.19. The van der Waals surface area contributed by atoms with E-state index in [-0.39, 0.29) is 0 Å². The zero-order valence-electron chi connectivity index (χ0n) is 14.7. The summed E-state index contributed by atoms with van der Waals surface area (Å²) < 4.78 is 0. The van der Waals surface area contributed by atoms with Crippen LogP contribution in [0.3, 0.4) is 0 Å². The summed E-state index contributed by atoms with van der Waals surface area (Å²) in [6.07, 6.45) is 10.9. The van der Waals surface area contributed by atoms with Crippen LogP contribution >= 0.6 is 15.9 Å². The molecule has 1 atom stereocenters. The normalized spacial score (nSPS) is 12.2. The van der Waals surface area contributed by atoms with Crippen LogP contribution in [0.1, 0.15) is 38.5 Å². The van der Waals surface area contributed by atoms with Crippen LogP contribution in [0.15, 0.2) is 78.4 Å². The lowest BCUT2D eigenvalue weighted by Crippen LogP contribution is -2.09. The maximum atomic E-state index is 4.72. The average Bonchev–Trinajstić information content (AvgIpc) is 2.66. The van der Waals surface area contributed by atoms with Gasteiger partial charge in [0.15, 0.2) is 0 Å². The molecule has 2 rings (SSSR count). The van der Waals surface area contributed by atoms with Crippen molar-refractivity contribution in [1.29, 1.82) is 0 Å². The zero-order valence-corrected chi connectivity index (χ0v) is 16.3. The van der Waals surface area contributed by atoms with Gasteiger partial charge in [0.1, 0.15) is 0 Å². The molecule has 0 aliphatic rings. The van der Waals surface area contributed by atoms with E-state index in [1.807, 2.05) is 53.7 Å². The van der Waals surface area contributed by atoms with Crippen molar-refractivity contribution in [3.8, 4) is 0 Å². The van der Waals surface area contributed by atoms with Gasteiger partial charge < -0.3 is 0 Å². The molecular weight excluding hydrogens is 372 g/mol. The third-order valence-corrected chi connectivity index (χ3v) is 4.89. The van der Waals surface area contributed by atoms with Crippen LogP contribution in [0, 0.1) is 0 Å². The molecule has 0 N–H and O–H groups in total. The van der Waals surface area contributed by atoms with Gasteiger partial charge in [0.05, 0.1) is 11.4 Å². The van der Waals surface area contributed by atoms with Crippen LogP contribution in [0.4, 0.5) is 11.4 Å². The average molecular weight is 399 g/mol. The Labute approximate surface area is 160 Å². The molecule has 2 nitrogen and oxygen atoms in total. The summed E-state index contributed by atoms with van der Waals surface area (Å²) in [7, 11) is 0. The van der Waals surface area contributed by atoms with Gasteiger partial charge in [0.25, 0.3) is 0 Å². The molecule has 3 heteroatoms. The van der Waals surface area contributed by atoms with E-state index in [0.717, 1.165) is 30.6 Å². The molecule has 0 bridgehead atoms. The van der Waals surface area contributed by atoms with Gasteiger partial charge in [0.2, 0.25) is 0 Å². The fraction of sp³-hybridized carbons (Fsp3) is 0.318. The summed E-state index contributed by atoms with van der Waals surface area (Å²) in [5, 5.41) is 6.71. The van der Waals surface area contributed by atoms with E-state index in [2.05, 4.69) is 46.8 Å². The van der Waals surface area contributed by atoms with Crippen LogP contribution in [0.25, 0.3) is 0 Å². The van der Waals surface area contributed by atoms with Gasteiger partial charge in [0, 0.05) is 11.0 Å². The Balaban J connectivity index is 1.87. The Morgan fingerprint density at radius 3 is 1.92 bits per heavy atom. The number of nitrogens with zero attached hydrogens (tertiary/aromatic N) is 2. The highest BCUT2D eigenvalue weighted by Crippen LogP contribution is 2.25. The number of hydrogen-bond acceptors (Lipinski definition) is 2. The molecule has 25 heavy (non-hydrogen) atoms. The minimum Gasteiger partial charge on any atom is -0.234 e. The van der Waals surface area contributed by atoms with E-state index < -0.39 is 0 Å². The quantitative estimate of drug-likeness (QED) is 0.129. The van der Waals surface area contributed by atoms with E-state index in [0.29, 0.717) is 4.83 Å². The molecule has 0 heterocycles. The molecule has 0 amide bonds. The van der Waals surface area contributed by atoms with Crippen molar-refractivity contribution in [2.75, 3.05) is 5.01 Å². The topological polar surface area (TPSA) is 15.6 Å². The highest BCUT2D eigenvalue weighted by molar-refractivity contribution is 9.09. The third kappa shape index (κ3) is 7.27. The number of para-hydroxylation sites is 2. The summed E-state index contributed by atoms with van der Waals surface area (Å²) in [6, 6.07) is 20.5. The summed E-state index contributed by atoms with van der Waals surface area (Å²) in [5.74, 6) is 0. The molecule has 0 aromatic heterocycles. The first-order chi connectivity index (χ1) is 12.3. The Hall–Kier alpha value is -1.87. The molecule has 0 aliphatic carbocycles. The molecule has 132 valence electrons. The van der Waals surface area contributed by atoms with Gasteiger partial charge in [-0.25, -0.2) is 5.01 Å². The fourth-order valence-corrected chi connectivity index (χ4v) is 3.27. The summed E-state index contributed by atoms with van der Waals surface area (Å²) in [6.45, 7) is 3.77. The fourth-order valence-electron chi connectivity index (χ4n) is 2.62. The van der Waals surface area contributed by atoms with Gasteiger partial charge in [-0.15, -0.1) is 6.58 Å². The second-order valence-electron chi connectivity index (χ2n) is 6.03. The predicted molar refractivity (Wildman–Crippen MR) is 114 cm³/mol. The lowest BCUT2D eigenvalue weighted by atomic mass is 10.1. The number of benzene rings is 2. The highest BCUT2D eigenvalue weighted by Gasteiger charge is 2.06. The van der Waals surface area contributed by atoms with Gasteiger partial charge in [-0.1, -0.05) is 58.4 Å². The molecule has 0 aliphatic heterocycles. The third-order valence-electron chi connectivity index (χ3n) is 3.97. The number of rotatable bonds is 11. The number of alkyl halides is 1. The molecule has 0 saturated heterocycles. The number of anilines is 2. The van der Waals surface area contributed by atoms with E-state index in [1.54, 1.807) is 0 Å². The van der Waals surface area contributed by atoms with E-state index in [1.165, 1.54) is 19.3 Å². The number of allylic oxidation sites excluding steroid dienone is 1. The summed E-state index contributed by atoms with van der Waals surface area (Å²) in [5.41, 5.74) is 2.15. The highest BCUT2D eigenvalue weighted by atomic mass is 79.9. The zero-order chi connectivity index (χ0) is 17.7. The SMILES string of the molecule is C=CCCCC(Br)CCC/C=N/N(c1ccccc1)c1ccccc1. The number of halogens is 1. The number of hydrazone groups is 1. The second kappa shape index (κ2) is 11.6. The van der Waals surface area contributed by atoms with Gasteiger partial charge in [-0.05, 0) is 62.8 Å². The lowest BCUT2D eigenvalue weighted by molar-refractivity contribution is 0.651. The second-order valence-corrected chi connectivity index (χ2v) is 7.32. The van der Waals surface area contributed by atoms with Crippen molar-refractivity contribution in [1.82, 2.24) is 0 Å². The van der Waals surface area contributed by atoms with Crippen LogP contribution in [-0.2, 0) is 0 Å². The van der Waals surface area contributed by atoms with Crippen molar-refractivity contribution >= 4 is 33.5 Å². The summed E-state index contributed by atoms with van der Waals surface area (Å²) >= 11 is 3.77. The predicted octanol–water partition coefficient (Wildman–Crippen LogP) is 7.10. The first-order valence-electron chi connectivity index (χ1n) is 8.99. The van der Waals surface area contributed by atoms with Gasteiger partial charge in [-0.3, -0.25) is 0 Å². The Bertz CT molecular complexity index is 585. The molecule has 2 aromatic rings. The Morgan fingerprint density at radius 2 is 1.40 bits per heavy atom. The molecule has 0 fully saturated rings. The monoisotopic (exact) mass is 398 g/mol. The molecule has 1 unspecified atom stereocenters. The first-order valence-corrected chi connectivity index (χ1v) is 9.90. The largest absolute Gasteiger partial charge is 0.234 e. The van der Waals surface area contributed by atoms with E-state index >= 15 is 0 Å². The molecule has 0 saturated carbocycles. The molecular formula is C22H27BrN2. The minimum atomic E-state index is 0.597. The Kier molecular flexibility index (Phi) is 9.06. The van der Waals surface area contributed by atoms with E-state index in [9.17, 15) is 0 Å². The van der Waals surface area contributed by atoms with E-state index in [4.69, 9.17) is 5.10 Å². The van der Waals surface area contributed by atoms with Crippen LogP contribution < -0.4 is 5.01 Å². The van der Waals surface area contributed by atoms with Crippen molar-refractivity contribution in [2.45, 2.75) is 43.4 Å². The van der Waals surface area contributed by atoms with Crippen LogP contribution in [-0.4, -0.2) is 11.0 Å². The van der Waals surface area contributed by atoms with Crippen LogP contribution in [0.2, 0.25) is 0 Å². The molecule has 0 spiro atoms. The number of unbranched alkanes of at least 4 members (excludes halogenated alkanes) is 2. The van der Waals surface area contributed by atoms with Gasteiger partial charge in [-0.2, -0.15) is 5.10 Å². The van der Waals surface area contributed by atoms with Crippen LogP contribution in [0.5, 0.6) is 0 Å². The van der Waals surface area contributed by atoms with Crippen molar-refractivity contribution < 1.29 is 0 Å². The molecule has 0 radical (unpaired) electrons. The Morgan fingerprint density at radius 1 is 0.880 bits per heavy atom. The van der Waals surface area contributed by atoms with Crippen molar-refractivity contribution in [2.24, 2.45) is 5.10 Å².